The van der Waals surface area contributed by atoms with E-state index in [1.807, 2.05) is 31.2 Å². The molecule has 0 aliphatic carbocycles. The first-order valence-corrected chi connectivity index (χ1v) is 12.3. The van der Waals surface area contributed by atoms with Crippen LogP contribution in [0.3, 0.4) is 0 Å². The van der Waals surface area contributed by atoms with E-state index in [0.717, 1.165) is 43.0 Å². The summed E-state index contributed by atoms with van der Waals surface area (Å²) in [5.41, 5.74) is 4.07. The summed E-state index contributed by atoms with van der Waals surface area (Å²) in [6.07, 6.45) is 1.62. The summed E-state index contributed by atoms with van der Waals surface area (Å²) in [5.74, 6) is 1.73. The van der Waals surface area contributed by atoms with Crippen LogP contribution in [0.4, 0.5) is 37.6 Å². The van der Waals surface area contributed by atoms with Crippen molar-refractivity contribution in [3.05, 3.63) is 59.3 Å². The monoisotopic (exact) mass is 507 g/mol. The van der Waals surface area contributed by atoms with Gasteiger partial charge in [-0.1, -0.05) is 12.1 Å². The maximum Gasteiger partial charge on any atom is 0.387 e. The highest BCUT2D eigenvalue weighted by molar-refractivity contribution is 6.04. The molecule has 3 aliphatic rings. The fourth-order valence-electron chi connectivity index (χ4n) is 5.33. The van der Waals surface area contributed by atoms with E-state index in [9.17, 15) is 13.6 Å². The van der Waals surface area contributed by atoms with E-state index in [1.165, 1.54) is 0 Å². The minimum absolute atomic E-state index is 0.0268. The van der Waals surface area contributed by atoms with Gasteiger partial charge in [0.2, 0.25) is 5.95 Å². The van der Waals surface area contributed by atoms with Crippen molar-refractivity contribution in [1.82, 2.24) is 20.6 Å². The van der Waals surface area contributed by atoms with Gasteiger partial charge < -0.3 is 30.9 Å². The van der Waals surface area contributed by atoms with Crippen LogP contribution in [-0.4, -0.2) is 48.7 Å². The van der Waals surface area contributed by atoms with Crippen molar-refractivity contribution >= 4 is 34.7 Å². The standard InChI is InChI=1S/C26H27F2N7O2/c1-14-8-31-26(34-23(14)32-20-4-2-3-15-11-30-24(36)22(15)20)33-19-6-5-18(7-21(19)37-25(27)28)35-12-16-9-29-10-17(16)13-35/h2-8,16-17,25,29H,9-13H2,1H3,(H,30,36)(H2,31,32,33,34)/t16-,17+. The lowest BCUT2D eigenvalue weighted by atomic mass is 10.0. The van der Waals surface area contributed by atoms with E-state index in [0.29, 0.717) is 41.1 Å². The van der Waals surface area contributed by atoms with E-state index in [1.54, 1.807) is 18.3 Å². The second-order valence-electron chi connectivity index (χ2n) is 9.64. The van der Waals surface area contributed by atoms with E-state index in [2.05, 4.69) is 36.1 Å². The molecule has 0 radical (unpaired) electrons. The molecule has 0 saturated carbocycles. The largest absolute Gasteiger partial charge is 0.433 e. The molecule has 0 unspecified atom stereocenters. The fourth-order valence-corrected chi connectivity index (χ4v) is 5.33. The Morgan fingerprint density at radius 1 is 1.11 bits per heavy atom. The molecule has 6 rings (SSSR count). The first-order chi connectivity index (χ1) is 17.9. The number of halogens is 2. The molecule has 2 fully saturated rings. The van der Waals surface area contributed by atoms with Gasteiger partial charge >= 0.3 is 6.61 Å². The van der Waals surface area contributed by atoms with E-state index in [-0.39, 0.29) is 17.6 Å². The molecule has 11 heteroatoms. The molecule has 37 heavy (non-hydrogen) atoms. The molecule has 192 valence electrons. The van der Waals surface area contributed by atoms with Gasteiger partial charge in [-0.25, -0.2) is 4.98 Å². The summed E-state index contributed by atoms with van der Waals surface area (Å²) in [6, 6.07) is 10.8. The number of nitrogens with one attached hydrogen (secondary N) is 4. The van der Waals surface area contributed by atoms with Crippen molar-refractivity contribution in [2.75, 3.05) is 41.7 Å². The minimum Gasteiger partial charge on any atom is -0.433 e. The summed E-state index contributed by atoms with van der Waals surface area (Å²) < 4.78 is 31.5. The highest BCUT2D eigenvalue weighted by atomic mass is 19.3. The number of ether oxygens (including phenoxy) is 1. The van der Waals surface area contributed by atoms with E-state index in [4.69, 9.17) is 4.74 Å². The first-order valence-electron chi connectivity index (χ1n) is 12.3. The Kier molecular flexibility index (Phi) is 5.99. The molecule has 4 N–H and O–H groups in total. The van der Waals surface area contributed by atoms with Crippen LogP contribution in [-0.2, 0) is 6.54 Å². The second-order valence-corrected chi connectivity index (χ2v) is 9.64. The van der Waals surface area contributed by atoms with E-state index < -0.39 is 6.61 Å². The average molecular weight is 508 g/mol. The third-order valence-corrected chi connectivity index (χ3v) is 7.22. The Morgan fingerprint density at radius 3 is 2.70 bits per heavy atom. The number of amides is 1. The molecule has 2 saturated heterocycles. The normalized spacial score (nSPS) is 20.1. The van der Waals surface area contributed by atoms with Gasteiger partial charge in [-0.15, -0.1) is 0 Å². The maximum absolute atomic E-state index is 13.3. The highest BCUT2D eigenvalue weighted by Gasteiger charge is 2.36. The zero-order valence-electron chi connectivity index (χ0n) is 20.2. The molecule has 2 aromatic carbocycles. The predicted octanol–water partition coefficient (Wildman–Crippen LogP) is 3.77. The zero-order chi connectivity index (χ0) is 25.5. The number of fused-ring (bicyclic) bond motifs is 2. The van der Waals surface area contributed by atoms with Crippen molar-refractivity contribution < 1.29 is 18.3 Å². The van der Waals surface area contributed by atoms with Crippen LogP contribution < -0.4 is 30.9 Å². The van der Waals surface area contributed by atoms with Crippen LogP contribution in [0.2, 0.25) is 0 Å². The number of hydrogen-bond donors (Lipinski definition) is 4. The molecular formula is C26H27F2N7O2. The first kappa shape index (κ1) is 23.4. The molecule has 4 heterocycles. The molecule has 2 atom stereocenters. The third kappa shape index (κ3) is 4.62. The van der Waals surface area contributed by atoms with Gasteiger partial charge in [-0.2, -0.15) is 13.8 Å². The Bertz CT molecular complexity index is 1340. The molecule has 3 aromatic rings. The molecule has 3 aliphatic heterocycles. The van der Waals surface area contributed by atoms with Crippen LogP contribution in [0, 0.1) is 18.8 Å². The molecule has 9 nitrogen and oxygen atoms in total. The summed E-state index contributed by atoms with van der Waals surface area (Å²) in [6.45, 7) is 3.10. The van der Waals surface area contributed by atoms with E-state index >= 15 is 0 Å². The lowest BCUT2D eigenvalue weighted by Crippen LogP contribution is -2.25. The topological polar surface area (TPSA) is 103 Å². The Hall–Kier alpha value is -3.99. The van der Waals surface area contributed by atoms with Crippen molar-refractivity contribution in [2.45, 2.75) is 20.1 Å². The van der Waals surface area contributed by atoms with Gasteiger partial charge in [0.1, 0.15) is 5.82 Å². The highest BCUT2D eigenvalue weighted by Crippen LogP contribution is 2.37. The van der Waals surface area contributed by atoms with Gasteiger partial charge in [0.05, 0.1) is 16.9 Å². The average Bonchev–Trinajstić information content (AvgIpc) is 3.58. The molecule has 1 aromatic heterocycles. The predicted molar refractivity (Wildman–Crippen MR) is 136 cm³/mol. The summed E-state index contributed by atoms with van der Waals surface area (Å²) in [4.78, 5) is 23.4. The van der Waals surface area contributed by atoms with Crippen LogP contribution >= 0.6 is 0 Å². The lowest BCUT2D eigenvalue weighted by Gasteiger charge is -2.22. The molecule has 0 spiro atoms. The lowest BCUT2D eigenvalue weighted by molar-refractivity contribution is -0.0493. The number of nitrogens with zero attached hydrogens (tertiary/aromatic N) is 3. The van der Waals surface area contributed by atoms with Gasteiger partial charge in [0.25, 0.3) is 5.91 Å². The number of aryl methyl sites for hydroxylation is 1. The van der Waals surface area contributed by atoms with Gasteiger partial charge in [-0.05, 0) is 42.5 Å². The Labute approximate surface area is 212 Å². The number of carbonyl (C=O) groups is 1. The number of anilines is 5. The van der Waals surface area contributed by atoms with Crippen molar-refractivity contribution in [1.29, 1.82) is 0 Å². The summed E-state index contributed by atoms with van der Waals surface area (Å²) in [7, 11) is 0. The van der Waals surface area contributed by atoms with Crippen LogP contribution in [0.5, 0.6) is 5.75 Å². The van der Waals surface area contributed by atoms with Gasteiger partial charge in [0, 0.05) is 56.2 Å². The number of aromatic nitrogens is 2. The third-order valence-electron chi connectivity index (χ3n) is 7.22. The quantitative estimate of drug-likeness (QED) is 0.383. The summed E-state index contributed by atoms with van der Waals surface area (Å²) in [5, 5.41) is 12.5. The number of carbonyl (C=O) groups excluding carboxylic acids is 1. The maximum atomic E-state index is 13.3. The molecule has 1 amide bonds. The van der Waals surface area contributed by atoms with Crippen LogP contribution in [0.15, 0.2) is 42.6 Å². The summed E-state index contributed by atoms with van der Waals surface area (Å²) >= 11 is 0. The number of benzene rings is 2. The van der Waals surface area contributed by atoms with Gasteiger partial charge in [0.15, 0.2) is 5.75 Å². The SMILES string of the molecule is Cc1cnc(Nc2ccc(N3C[C@H]4CNC[C@H]4C3)cc2OC(F)F)nc1Nc1cccc2c1C(=O)NC2. The van der Waals surface area contributed by atoms with Crippen LogP contribution in [0.25, 0.3) is 0 Å². The number of alkyl halides is 2. The Morgan fingerprint density at radius 2 is 1.92 bits per heavy atom. The number of rotatable bonds is 7. The van der Waals surface area contributed by atoms with Crippen molar-refractivity contribution in [2.24, 2.45) is 11.8 Å². The minimum atomic E-state index is -2.97. The Balaban J connectivity index is 1.25. The number of hydrogen-bond acceptors (Lipinski definition) is 8. The zero-order valence-corrected chi connectivity index (χ0v) is 20.2. The fraction of sp³-hybridized carbons (Fsp3) is 0.346. The molecule has 0 bridgehead atoms. The van der Waals surface area contributed by atoms with Gasteiger partial charge in [-0.3, -0.25) is 4.79 Å². The smallest absolute Gasteiger partial charge is 0.387 e. The molecular weight excluding hydrogens is 480 g/mol. The second kappa shape index (κ2) is 9.47. The van der Waals surface area contributed by atoms with Crippen LogP contribution in [0.1, 0.15) is 21.5 Å². The van der Waals surface area contributed by atoms with Crippen molar-refractivity contribution in [3.63, 3.8) is 0 Å². The van der Waals surface area contributed by atoms with Crippen molar-refractivity contribution in [3.8, 4) is 5.75 Å².